The Morgan fingerprint density at radius 3 is 2.31 bits per heavy atom. The van der Waals surface area contributed by atoms with Gasteiger partial charge in [0.15, 0.2) is 0 Å². The molecule has 3 rings (SSSR count). The minimum absolute atomic E-state index is 0.0298. The van der Waals surface area contributed by atoms with E-state index >= 15 is 0 Å². The van der Waals surface area contributed by atoms with Gasteiger partial charge in [0.05, 0.1) is 13.1 Å². The summed E-state index contributed by atoms with van der Waals surface area (Å²) in [4.78, 5) is 38.6. The summed E-state index contributed by atoms with van der Waals surface area (Å²) in [7, 11) is 0. The maximum absolute atomic E-state index is 12.4. The fourth-order valence-electron chi connectivity index (χ4n) is 2.76. The van der Waals surface area contributed by atoms with Crippen molar-refractivity contribution in [3.05, 3.63) is 65.2 Å². The molecular formula is C20H20N2O4. The normalized spacial score (nSPS) is 14.3. The van der Waals surface area contributed by atoms with Crippen molar-refractivity contribution in [3.8, 4) is 5.75 Å². The Kier molecular flexibility index (Phi) is 5.02. The van der Waals surface area contributed by atoms with Crippen LogP contribution in [-0.2, 0) is 16.1 Å². The van der Waals surface area contributed by atoms with Crippen LogP contribution in [-0.4, -0.2) is 40.8 Å². The van der Waals surface area contributed by atoms with Crippen LogP contribution < -0.4 is 4.74 Å². The first kappa shape index (κ1) is 17.7. The highest BCUT2D eigenvalue weighted by molar-refractivity contribution is 6.44. The van der Waals surface area contributed by atoms with E-state index in [0.717, 1.165) is 26.5 Å². The van der Waals surface area contributed by atoms with Crippen LogP contribution in [0.5, 0.6) is 5.75 Å². The van der Waals surface area contributed by atoms with Crippen molar-refractivity contribution in [2.24, 2.45) is 0 Å². The SMILES string of the molecule is Cc1ccc(C)c(OCCN2C(=O)C(=O)N(Cc3ccccc3)C2=O)c1. The monoisotopic (exact) mass is 352 g/mol. The molecule has 134 valence electrons. The molecule has 1 heterocycles. The first-order valence-corrected chi connectivity index (χ1v) is 8.38. The molecule has 0 atom stereocenters. The molecule has 1 saturated heterocycles. The maximum atomic E-state index is 12.4. The number of nitrogens with zero attached hydrogens (tertiary/aromatic N) is 2. The van der Waals surface area contributed by atoms with Crippen molar-refractivity contribution in [3.63, 3.8) is 0 Å². The lowest BCUT2D eigenvalue weighted by Gasteiger charge is -2.16. The van der Waals surface area contributed by atoms with E-state index < -0.39 is 17.8 Å². The summed E-state index contributed by atoms with van der Waals surface area (Å²) in [6.07, 6.45) is 0. The van der Waals surface area contributed by atoms with Gasteiger partial charge in [0.25, 0.3) is 0 Å². The van der Waals surface area contributed by atoms with Gasteiger partial charge < -0.3 is 4.74 Å². The second-order valence-electron chi connectivity index (χ2n) is 6.23. The molecule has 0 radical (unpaired) electrons. The quantitative estimate of drug-likeness (QED) is 0.592. The fourth-order valence-corrected chi connectivity index (χ4v) is 2.76. The van der Waals surface area contributed by atoms with Gasteiger partial charge in [-0.05, 0) is 36.6 Å². The number of rotatable bonds is 6. The molecular weight excluding hydrogens is 332 g/mol. The molecule has 0 N–H and O–H groups in total. The predicted octanol–water partition coefficient (Wildman–Crippen LogP) is 2.67. The molecule has 0 unspecified atom stereocenters. The smallest absolute Gasteiger partial charge is 0.334 e. The van der Waals surface area contributed by atoms with E-state index in [2.05, 4.69) is 0 Å². The van der Waals surface area contributed by atoms with Crippen LogP contribution in [0.15, 0.2) is 48.5 Å². The molecule has 0 aliphatic carbocycles. The van der Waals surface area contributed by atoms with Crippen LogP contribution in [0.3, 0.4) is 0 Å². The Morgan fingerprint density at radius 1 is 0.885 bits per heavy atom. The summed E-state index contributed by atoms with van der Waals surface area (Å²) in [5.41, 5.74) is 2.81. The average molecular weight is 352 g/mol. The topological polar surface area (TPSA) is 66.9 Å². The number of carbonyl (C=O) groups is 3. The van der Waals surface area contributed by atoms with E-state index in [0.29, 0.717) is 5.75 Å². The molecule has 0 saturated carbocycles. The molecule has 1 aliphatic rings. The molecule has 1 aliphatic heterocycles. The van der Waals surface area contributed by atoms with Crippen LogP contribution >= 0.6 is 0 Å². The van der Waals surface area contributed by atoms with Crippen LogP contribution in [0.25, 0.3) is 0 Å². The highest BCUT2D eigenvalue weighted by atomic mass is 16.5. The van der Waals surface area contributed by atoms with Crippen LogP contribution in [0.4, 0.5) is 4.79 Å². The zero-order valence-electron chi connectivity index (χ0n) is 14.8. The zero-order chi connectivity index (χ0) is 18.7. The second kappa shape index (κ2) is 7.39. The lowest BCUT2D eigenvalue weighted by molar-refractivity contribution is -0.143. The first-order valence-electron chi connectivity index (χ1n) is 8.38. The minimum atomic E-state index is -0.810. The standard InChI is InChI=1S/C20H20N2O4/c1-14-8-9-15(2)17(12-14)26-11-10-21-18(23)19(24)22(20(21)25)13-16-6-4-3-5-7-16/h3-9,12H,10-11,13H2,1-2H3. The van der Waals surface area contributed by atoms with Gasteiger partial charge in [-0.2, -0.15) is 0 Å². The Morgan fingerprint density at radius 2 is 1.58 bits per heavy atom. The third-order valence-electron chi connectivity index (χ3n) is 4.23. The van der Waals surface area contributed by atoms with Crippen LogP contribution in [0.1, 0.15) is 16.7 Å². The van der Waals surface area contributed by atoms with Gasteiger partial charge in [-0.25, -0.2) is 4.79 Å². The van der Waals surface area contributed by atoms with Gasteiger partial charge in [0, 0.05) is 0 Å². The van der Waals surface area contributed by atoms with E-state index in [1.165, 1.54) is 0 Å². The van der Waals surface area contributed by atoms with Gasteiger partial charge in [0.2, 0.25) is 0 Å². The van der Waals surface area contributed by atoms with Crippen molar-refractivity contribution in [1.29, 1.82) is 0 Å². The third-order valence-corrected chi connectivity index (χ3v) is 4.23. The van der Waals surface area contributed by atoms with E-state index in [-0.39, 0.29) is 19.7 Å². The Bertz CT molecular complexity index is 848. The number of benzene rings is 2. The molecule has 4 amide bonds. The molecule has 0 aromatic heterocycles. The van der Waals surface area contributed by atoms with Crippen molar-refractivity contribution in [2.45, 2.75) is 20.4 Å². The molecule has 6 heteroatoms. The summed E-state index contributed by atoms with van der Waals surface area (Å²) in [6.45, 7) is 4.13. The van der Waals surface area contributed by atoms with Gasteiger partial charge in [-0.15, -0.1) is 0 Å². The van der Waals surface area contributed by atoms with E-state index in [4.69, 9.17) is 4.74 Å². The molecule has 2 aromatic carbocycles. The molecule has 26 heavy (non-hydrogen) atoms. The number of imide groups is 2. The van der Waals surface area contributed by atoms with E-state index in [9.17, 15) is 14.4 Å². The summed E-state index contributed by atoms with van der Waals surface area (Å²) in [5.74, 6) is -0.905. The molecule has 0 spiro atoms. The zero-order valence-corrected chi connectivity index (χ0v) is 14.8. The summed E-state index contributed by atoms with van der Waals surface area (Å²) in [5, 5.41) is 0. The minimum Gasteiger partial charge on any atom is -0.491 e. The van der Waals surface area contributed by atoms with Crippen molar-refractivity contribution < 1.29 is 19.1 Å². The Labute approximate surface area is 152 Å². The lowest BCUT2D eigenvalue weighted by Crippen LogP contribution is -2.35. The highest BCUT2D eigenvalue weighted by Gasteiger charge is 2.44. The average Bonchev–Trinajstić information content (AvgIpc) is 2.83. The Hall–Kier alpha value is -3.15. The summed E-state index contributed by atoms with van der Waals surface area (Å²) >= 11 is 0. The number of carbonyl (C=O) groups excluding carboxylic acids is 3. The summed E-state index contributed by atoms with van der Waals surface area (Å²) in [6, 6.07) is 14.3. The van der Waals surface area contributed by atoms with Crippen molar-refractivity contribution in [1.82, 2.24) is 9.80 Å². The van der Waals surface area contributed by atoms with Crippen molar-refractivity contribution in [2.75, 3.05) is 13.2 Å². The first-order chi connectivity index (χ1) is 12.5. The molecule has 0 bridgehead atoms. The molecule has 2 aromatic rings. The number of urea groups is 1. The predicted molar refractivity (Wildman–Crippen MR) is 95.5 cm³/mol. The fraction of sp³-hybridized carbons (Fsp3) is 0.250. The highest BCUT2D eigenvalue weighted by Crippen LogP contribution is 2.20. The van der Waals surface area contributed by atoms with E-state index in [1.54, 1.807) is 12.1 Å². The van der Waals surface area contributed by atoms with Crippen LogP contribution in [0, 0.1) is 13.8 Å². The number of hydrogen-bond donors (Lipinski definition) is 0. The number of ether oxygens (including phenoxy) is 1. The molecule has 6 nitrogen and oxygen atoms in total. The maximum Gasteiger partial charge on any atom is 0.334 e. The van der Waals surface area contributed by atoms with Gasteiger partial charge >= 0.3 is 17.8 Å². The molecule has 1 fully saturated rings. The van der Waals surface area contributed by atoms with Crippen molar-refractivity contribution >= 4 is 17.8 Å². The van der Waals surface area contributed by atoms with Gasteiger partial charge in [-0.3, -0.25) is 19.4 Å². The Balaban J connectivity index is 1.63. The van der Waals surface area contributed by atoms with E-state index in [1.807, 2.05) is 50.2 Å². The second-order valence-corrected chi connectivity index (χ2v) is 6.23. The van der Waals surface area contributed by atoms with Gasteiger partial charge in [-0.1, -0.05) is 42.5 Å². The number of aryl methyl sites for hydroxylation is 2. The number of hydrogen-bond acceptors (Lipinski definition) is 4. The summed E-state index contributed by atoms with van der Waals surface area (Å²) < 4.78 is 5.69. The van der Waals surface area contributed by atoms with Gasteiger partial charge in [0.1, 0.15) is 12.4 Å². The third kappa shape index (κ3) is 3.59. The lowest BCUT2D eigenvalue weighted by atomic mass is 10.1. The largest absolute Gasteiger partial charge is 0.491 e. The van der Waals surface area contributed by atoms with Crippen LogP contribution in [0.2, 0.25) is 0 Å². The number of amides is 4.